The zero-order chi connectivity index (χ0) is 24.1. The van der Waals surface area contributed by atoms with Crippen molar-refractivity contribution >= 4 is 44.9 Å². The zero-order valence-corrected chi connectivity index (χ0v) is 18.6. The van der Waals surface area contributed by atoms with Gasteiger partial charge in [-0.2, -0.15) is 0 Å². The van der Waals surface area contributed by atoms with Crippen LogP contribution in [0.2, 0.25) is 0 Å². The number of halogens is 2. The number of nitrogens with one attached hydrogen (secondary N) is 1. The summed E-state index contributed by atoms with van der Waals surface area (Å²) in [6, 6.07) is 13.2. The quantitative estimate of drug-likeness (QED) is 0.321. The van der Waals surface area contributed by atoms with E-state index in [2.05, 4.69) is 25.5 Å². The number of anilines is 2. The summed E-state index contributed by atoms with van der Waals surface area (Å²) in [6.45, 7) is 0. The van der Waals surface area contributed by atoms with Crippen LogP contribution >= 0.6 is 11.3 Å². The van der Waals surface area contributed by atoms with Crippen LogP contribution in [0, 0.1) is 21.7 Å². The monoisotopic (exact) mass is 488 g/mol. The van der Waals surface area contributed by atoms with Crippen LogP contribution in [0.15, 0.2) is 64.6 Å². The van der Waals surface area contributed by atoms with E-state index in [9.17, 15) is 14.5 Å². The van der Waals surface area contributed by atoms with Crippen molar-refractivity contribution in [2.24, 2.45) is 9.98 Å². The van der Waals surface area contributed by atoms with Crippen molar-refractivity contribution in [3.8, 4) is 10.6 Å². The summed E-state index contributed by atoms with van der Waals surface area (Å²) in [5.41, 5.74) is 2.82. The maximum atomic E-state index is 15.3. The first-order chi connectivity index (χ1) is 17.0. The number of rotatable bonds is 5. The normalized spacial score (nSPS) is 13.8. The number of benzene rings is 3. The van der Waals surface area contributed by atoms with Crippen molar-refractivity contribution in [3.05, 3.63) is 92.5 Å². The lowest BCUT2D eigenvalue weighted by Gasteiger charge is -2.06. The summed E-state index contributed by atoms with van der Waals surface area (Å²) in [6.07, 6.45) is 1.64. The third-order valence-electron chi connectivity index (χ3n) is 5.59. The van der Waals surface area contributed by atoms with E-state index in [0.29, 0.717) is 43.4 Å². The van der Waals surface area contributed by atoms with Gasteiger partial charge in [-0.1, -0.05) is 29.0 Å². The van der Waals surface area contributed by atoms with E-state index in [4.69, 9.17) is 0 Å². The highest BCUT2D eigenvalue weighted by molar-refractivity contribution is 7.18. The predicted molar refractivity (Wildman–Crippen MR) is 128 cm³/mol. The molecule has 1 aromatic heterocycles. The summed E-state index contributed by atoms with van der Waals surface area (Å²) in [4.78, 5) is 19.7. The Bertz CT molecular complexity index is 1680. The van der Waals surface area contributed by atoms with Crippen molar-refractivity contribution in [3.63, 3.8) is 0 Å². The Morgan fingerprint density at radius 3 is 2.51 bits per heavy atom. The highest BCUT2D eigenvalue weighted by Gasteiger charge is 2.24. The van der Waals surface area contributed by atoms with Gasteiger partial charge in [-0.3, -0.25) is 10.1 Å². The van der Waals surface area contributed by atoms with Gasteiger partial charge in [0, 0.05) is 34.5 Å². The number of hydrogen-bond acceptors (Lipinski definition) is 8. The second kappa shape index (κ2) is 8.13. The maximum absolute atomic E-state index is 15.3. The Morgan fingerprint density at radius 2 is 1.77 bits per heavy atom. The SMILES string of the molecule is O=[N+]([O-])c1cccc(-c2nnc(Nc3c(F)cc4c(c3=C3CC3)=NC(c3ccc(F)cc3)=N4)s2)c1. The van der Waals surface area contributed by atoms with Gasteiger partial charge in [0.05, 0.1) is 16.3 Å². The number of aromatic nitrogens is 2. The van der Waals surface area contributed by atoms with Gasteiger partial charge in [0.25, 0.3) is 5.69 Å². The first-order valence-electron chi connectivity index (χ1n) is 10.6. The lowest BCUT2D eigenvalue weighted by molar-refractivity contribution is -0.384. The van der Waals surface area contributed by atoms with E-state index >= 15 is 4.39 Å². The molecule has 11 heteroatoms. The maximum Gasteiger partial charge on any atom is 0.270 e. The van der Waals surface area contributed by atoms with E-state index < -0.39 is 10.7 Å². The van der Waals surface area contributed by atoms with Crippen molar-refractivity contribution in [2.45, 2.75) is 12.8 Å². The molecule has 4 aromatic rings. The molecule has 35 heavy (non-hydrogen) atoms. The Hall–Kier alpha value is -4.38. The molecular weight excluding hydrogens is 474 g/mol. The molecule has 0 unspecified atom stereocenters. The molecular formula is C24H14F2N6O2S. The Morgan fingerprint density at radius 1 is 0.971 bits per heavy atom. The number of aliphatic imine (C=N–C) groups is 1. The number of nitrogens with zero attached hydrogens (tertiary/aromatic N) is 5. The van der Waals surface area contributed by atoms with Gasteiger partial charge in [-0.25, -0.2) is 18.8 Å². The van der Waals surface area contributed by atoms with E-state index in [-0.39, 0.29) is 17.2 Å². The van der Waals surface area contributed by atoms with Gasteiger partial charge < -0.3 is 5.32 Å². The van der Waals surface area contributed by atoms with Crippen LogP contribution in [0.25, 0.3) is 16.1 Å². The molecule has 8 nitrogen and oxygen atoms in total. The van der Waals surface area contributed by atoms with Crippen LogP contribution in [-0.4, -0.2) is 21.0 Å². The molecule has 0 atom stereocenters. The minimum absolute atomic E-state index is 0.0529. The standard InChI is InChI=1S/C24H14F2N6O2S/c25-15-8-6-13(7-9-15)22-27-18-11-17(26)20(19(12-4-5-12)21(18)28-22)29-24-31-30-23(35-24)14-2-1-3-16(10-14)32(33)34/h1-3,6-11H,4-5H2,(H,29,31). The van der Waals surface area contributed by atoms with Gasteiger partial charge in [0.2, 0.25) is 5.13 Å². The van der Waals surface area contributed by atoms with E-state index in [1.807, 2.05) is 0 Å². The van der Waals surface area contributed by atoms with Gasteiger partial charge >= 0.3 is 0 Å². The number of nitro groups is 1. The molecule has 0 radical (unpaired) electrons. The number of amidine groups is 1. The minimum Gasteiger partial charge on any atom is -0.327 e. The van der Waals surface area contributed by atoms with Gasteiger partial charge in [-0.15, -0.1) is 10.2 Å². The first-order valence-corrected chi connectivity index (χ1v) is 11.4. The lowest BCUT2D eigenvalue weighted by atomic mass is 10.2. The average Bonchev–Trinajstić information content (AvgIpc) is 3.43. The van der Waals surface area contributed by atoms with Crippen molar-refractivity contribution in [1.82, 2.24) is 10.2 Å². The predicted octanol–water partition coefficient (Wildman–Crippen LogP) is 4.79. The topological polar surface area (TPSA) is 106 Å². The molecule has 1 aliphatic heterocycles. The third kappa shape index (κ3) is 3.95. The molecule has 3 aromatic carbocycles. The van der Waals surface area contributed by atoms with Crippen LogP contribution in [0.1, 0.15) is 18.4 Å². The number of nitro benzene ring substituents is 1. The number of hydrogen-bond donors (Lipinski definition) is 1. The van der Waals surface area contributed by atoms with E-state index in [1.54, 1.807) is 24.3 Å². The van der Waals surface area contributed by atoms with Crippen molar-refractivity contribution in [2.75, 3.05) is 5.32 Å². The molecule has 0 spiro atoms. The highest BCUT2D eigenvalue weighted by atomic mass is 32.1. The van der Waals surface area contributed by atoms with Crippen molar-refractivity contribution < 1.29 is 13.7 Å². The number of fused-ring (bicyclic) bond motifs is 1. The molecule has 1 N–H and O–H groups in total. The molecule has 1 saturated carbocycles. The largest absolute Gasteiger partial charge is 0.327 e. The molecule has 6 rings (SSSR count). The fourth-order valence-electron chi connectivity index (χ4n) is 3.83. The molecule has 172 valence electrons. The molecule has 2 aliphatic rings. The summed E-state index contributed by atoms with van der Waals surface area (Å²) >= 11 is 1.16. The highest BCUT2D eigenvalue weighted by Crippen LogP contribution is 2.33. The van der Waals surface area contributed by atoms with Crippen LogP contribution < -0.4 is 15.9 Å². The Balaban J connectivity index is 1.39. The molecule has 1 aliphatic carbocycles. The lowest BCUT2D eigenvalue weighted by Crippen LogP contribution is -2.29. The number of non-ortho nitro benzene ring substituents is 1. The molecule has 0 saturated heterocycles. The van der Waals surface area contributed by atoms with Crippen LogP contribution in [0.3, 0.4) is 0 Å². The second-order valence-corrected chi connectivity index (χ2v) is 8.96. The second-order valence-electron chi connectivity index (χ2n) is 7.98. The van der Waals surface area contributed by atoms with E-state index in [0.717, 1.165) is 29.8 Å². The summed E-state index contributed by atoms with van der Waals surface area (Å²) < 4.78 is 28.6. The van der Waals surface area contributed by atoms with Crippen molar-refractivity contribution in [1.29, 1.82) is 0 Å². The summed E-state index contributed by atoms with van der Waals surface area (Å²) in [5.74, 6) is -0.481. The van der Waals surface area contributed by atoms with Gasteiger partial charge in [-0.05, 0) is 37.1 Å². The minimum atomic E-state index is -0.510. The fraction of sp³-hybridized carbons (Fsp3) is 0.0833. The van der Waals surface area contributed by atoms with Crippen LogP contribution in [0.4, 0.5) is 31.0 Å². The van der Waals surface area contributed by atoms with Gasteiger partial charge in [0.1, 0.15) is 22.0 Å². The Kier molecular flexibility index (Phi) is 4.92. The van der Waals surface area contributed by atoms with Crippen LogP contribution in [-0.2, 0) is 0 Å². The average molecular weight is 488 g/mol. The van der Waals surface area contributed by atoms with E-state index in [1.165, 1.54) is 30.3 Å². The molecule has 0 bridgehead atoms. The van der Waals surface area contributed by atoms with Gasteiger partial charge in [0.15, 0.2) is 5.84 Å². The fourth-order valence-corrected chi connectivity index (χ4v) is 4.57. The van der Waals surface area contributed by atoms with Crippen LogP contribution in [0.5, 0.6) is 0 Å². The Labute approximate surface area is 200 Å². The first kappa shape index (κ1) is 21.2. The third-order valence-corrected chi connectivity index (χ3v) is 6.48. The smallest absolute Gasteiger partial charge is 0.270 e. The molecule has 1 fully saturated rings. The summed E-state index contributed by atoms with van der Waals surface area (Å²) in [5, 5.41) is 24.3. The molecule has 0 amide bonds. The molecule has 2 heterocycles. The zero-order valence-electron chi connectivity index (χ0n) is 17.8. The summed E-state index contributed by atoms with van der Waals surface area (Å²) in [7, 11) is 0.